The van der Waals surface area contributed by atoms with Gasteiger partial charge >= 0.3 is 0 Å². The van der Waals surface area contributed by atoms with Crippen molar-refractivity contribution >= 4 is 18.0 Å². The van der Waals surface area contributed by atoms with E-state index in [2.05, 4.69) is 6.92 Å². The molecule has 9 atom stereocenters. The van der Waals surface area contributed by atoms with Crippen molar-refractivity contribution in [1.82, 2.24) is 0 Å². The molecule has 4 bridgehead atoms. The first-order valence-electron chi connectivity index (χ1n) is 11.1. The molecule has 0 aromatic rings. The van der Waals surface area contributed by atoms with Crippen LogP contribution >= 0.6 is 7.92 Å². The maximum Gasteiger partial charge on any atom is 0.267 e. The minimum atomic E-state index is -3.88. The lowest BCUT2D eigenvalue weighted by atomic mass is 9.90. The van der Waals surface area contributed by atoms with Gasteiger partial charge in [0.25, 0.3) is 10.1 Å². The zero-order chi connectivity index (χ0) is 18.1. The van der Waals surface area contributed by atoms with Crippen molar-refractivity contribution in [2.75, 3.05) is 0 Å². The van der Waals surface area contributed by atoms with E-state index in [4.69, 9.17) is 0 Å². The maximum atomic E-state index is 12.0. The maximum absolute atomic E-state index is 12.0. The minimum absolute atomic E-state index is 0.0865. The summed E-state index contributed by atoms with van der Waals surface area (Å²) in [6, 6.07) is 0. The fourth-order valence-corrected chi connectivity index (χ4v) is 14.4. The summed E-state index contributed by atoms with van der Waals surface area (Å²) >= 11 is 0. The SMILES string of the molecule is CC1CC(P(C2CC3CCC2C3)C2CC3CCC2C3)CC(S(=O)(=O)O)C1. The van der Waals surface area contributed by atoms with Gasteiger partial charge in [-0.3, -0.25) is 4.55 Å². The molecule has 0 saturated heterocycles. The Morgan fingerprint density at radius 1 is 0.769 bits per heavy atom. The van der Waals surface area contributed by atoms with E-state index in [0.717, 1.165) is 41.4 Å². The number of hydrogen-bond acceptors (Lipinski definition) is 2. The van der Waals surface area contributed by atoms with Gasteiger partial charge < -0.3 is 0 Å². The monoisotopic (exact) mass is 398 g/mol. The first-order valence-corrected chi connectivity index (χ1v) is 14.2. The van der Waals surface area contributed by atoms with Crippen molar-refractivity contribution in [2.45, 2.75) is 99.8 Å². The first-order chi connectivity index (χ1) is 12.4. The fourth-order valence-electron chi connectivity index (χ4n) is 7.93. The summed E-state index contributed by atoms with van der Waals surface area (Å²) in [5.41, 5.74) is 2.44. The highest BCUT2D eigenvalue weighted by Crippen LogP contribution is 2.70. The molecular weight excluding hydrogens is 363 g/mol. The highest BCUT2D eigenvalue weighted by atomic mass is 32.2. The molecule has 5 heteroatoms. The second-order valence-corrected chi connectivity index (χ2v) is 15.2. The summed E-state index contributed by atoms with van der Waals surface area (Å²) in [5, 5.41) is -0.488. The molecule has 0 spiro atoms. The van der Waals surface area contributed by atoms with E-state index in [1.54, 1.807) is 0 Å². The summed E-state index contributed by atoms with van der Waals surface area (Å²) < 4.78 is 33.7. The molecule has 0 amide bonds. The van der Waals surface area contributed by atoms with Gasteiger partial charge in [-0.1, -0.05) is 27.7 Å². The Kier molecular flexibility index (Phi) is 4.73. The van der Waals surface area contributed by atoms with Crippen molar-refractivity contribution in [3.05, 3.63) is 0 Å². The second-order valence-electron chi connectivity index (χ2n) is 10.5. The van der Waals surface area contributed by atoms with Crippen molar-refractivity contribution in [3.63, 3.8) is 0 Å². The van der Waals surface area contributed by atoms with Crippen LogP contribution in [0.4, 0.5) is 0 Å². The average Bonchev–Trinajstić information content (AvgIpc) is 3.35. The predicted octanol–water partition coefficient (Wildman–Crippen LogP) is 5.29. The van der Waals surface area contributed by atoms with Crippen molar-refractivity contribution < 1.29 is 13.0 Å². The van der Waals surface area contributed by atoms with Gasteiger partial charge in [0.05, 0.1) is 5.25 Å². The Bertz CT molecular complexity index is 622. The van der Waals surface area contributed by atoms with Crippen molar-refractivity contribution in [2.24, 2.45) is 29.6 Å². The zero-order valence-corrected chi connectivity index (χ0v) is 17.8. The molecule has 0 aromatic carbocycles. The highest BCUT2D eigenvalue weighted by molar-refractivity contribution is 7.86. The third kappa shape index (κ3) is 3.20. The third-order valence-electron chi connectivity index (χ3n) is 8.88. The largest absolute Gasteiger partial charge is 0.285 e. The first kappa shape index (κ1) is 18.4. The molecule has 1 N–H and O–H groups in total. The Labute approximate surface area is 160 Å². The Morgan fingerprint density at radius 3 is 1.77 bits per heavy atom. The normalized spacial score (nSPS) is 51.8. The van der Waals surface area contributed by atoms with Crippen LogP contribution < -0.4 is 0 Å². The number of rotatable bonds is 4. The molecule has 0 heterocycles. The zero-order valence-electron chi connectivity index (χ0n) is 16.1. The summed E-state index contributed by atoms with van der Waals surface area (Å²) in [6.07, 6.45) is 14.3. The van der Waals surface area contributed by atoms with E-state index in [9.17, 15) is 13.0 Å². The average molecular weight is 399 g/mol. The molecule has 148 valence electrons. The molecule has 0 radical (unpaired) electrons. The molecule has 5 aliphatic carbocycles. The Morgan fingerprint density at radius 2 is 1.35 bits per heavy atom. The van der Waals surface area contributed by atoms with E-state index in [-0.39, 0.29) is 7.92 Å². The van der Waals surface area contributed by atoms with Crippen molar-refractivity contribution in [1.29, 1.82) is 0 Å². The second kappa shape index (κ2) is 6.70. The summed E-state index contributed by atoms with van der Waals surface area (Å²) in [7, 11) is -3.97. The Hall–Kier alpha value is 0.340. The van der Waals surface area contributed by atoms with E-state index in [1.165, 1.54) is 57.8 Å². The third-order valence-corrected chi connectivity index (χ3v) is 14.2. The molecule has 9 unspecified atom stereocenters. The summed E-state index contributed by atoms with van der Waals surface area (Å²) in [4.78, 5) is 0. The molecule has 3 nitrogen and oxygen atoms in total. The van der Waals surface area contributed by atoms with E-state index in [0.29, 0.717) is 18.0 Å². The minimum Gasteiger partial charge on any atom is -0.285 e. The van der Waals surface area contributed by atoms with Gasteiger partial charge in [0.15, 0.2) is 0 Å². The van der Waals surface area contributed by atoms with Crippen LogP contribution in [0, 0.1) is 29.6 Å². The number of hydrogen-bond donors (Lipinski definition) is 1. The van der Waals surface area contributed by atoms with Crippen LogP contribution in [-0.2, 0) is 10.1 Å². The lowest BCUT2D eigenvalue weighted by Gasteiger charge is -2.47. The topological polar surface area (TPSA) is 54.4 Å². The smallest absolute Gasteiger partial charge is 0.267 e. The van der Waals surface area contributed by atoms with E-state index in [1.807, 2.05) is 0 Å². The van der Waals surface area contributed by atoms with Crippen LogP contribution in [0.5, 0.6) is 0 Å². The highest BCUT2D eigenvalue weighted by Gasteiger charge is 2.53. The van der Waals surface area contributed by atoms with Crippen molar-refractivity contribution in [3.8, 4) is 0 Å². The van der Waals surface area contributed by atoms with Crippen LogP contribution in [0.3, 0.4) is 0 Å². The van der Waals surface area contributed by atoms with Gasteiger partial charge in [-0.2, -0.15) is 8.42 Å². The standard InChI is InChI=1S/C21H35O3PS/c1-13-6-18(12-19(7-13)26(22,23)24)25(20-10-14-2-4-16(20)8-14)21-11-15-3-5-17(21)9-15/h13-21H,2-12H2,1H3,(H,22,23,24). The predicted molar refractivity (Wildman–Crippen MR) is 108 cm³/mol. The van der Waals surface area contributed by atoms with Crippen LogP contribution in [-0.4, -0.2) is 35.2 Å². The van der Waals surface area contributed by atoms with Gasteiger partial charge in [0.1, 0.15) is 0 Å². The molecule has 5 aliphatic rings. The van der Waals surface area contributed by atoms with Gasteiger partial charge in [-0.25, -0.2) is 0 Å². The molecule has 5 fully saturated rings. The van der Waals surface area contributed by atoms with Gasteiger partial charge in [0, 0.05) is 0 Å². The summed E-state index contributed by atoms with van der Waals surface area (Å²) in [5.74, 6) is 4.31. The molecule has 0 aromatic heterocycles. The van der Waals surface area contributed by atoms with Gasteiger partial charge in [-0.15, -0.1) is 0 Å². The van der Waals surface area contributed by atoms with Crippen LogP contribution in [0.2, 0.25) is 0 Å². The number of fused-ring (bicyclic) bond motifs is 4. The molecule has 5 saturated carbocycles. The Balaban J connectivity index is 1.43. The quantitative estimate of drug-likeness (QED) is 0.517. The summed E-state index contributed by atoms with van der Waals surface area (Å²) in [6.45, 7) is 2.22. The van der Waals surface area contributed by atoms with Crippen LogP contribution in [0.1, 0.15) is 77.6 Å². The lowest BCUT2D eigenvalue weighted by Crippen LogP contribution is -2.38. The fraction of sp³-hybridized carbons (Fsp3) is 1.00. The molecule has 5 rings (SSSR count). The van der Waals surface area contributed by atoms with Crippen LogP contribution in [0.25, 0.3) is 0 Å². The van der Waals surface area contributed by atoms with E-state index < -0.39 is 15.4 Å². The lowest BCUT2D eigenvalue weighted by molar-refractivity contribution is 0.359. The van der Waals surface area contributed by atoms with Crippen LogP contribution in [0.15, 0.2) is 0 Å². The van der Waals surface area contributed by atoms with Gasteiger partial charge in [0.2, 0.25) is 0 Å². The molecular formula is C21H35O3PS. The van der Waals surface area contributed by atoms with E-state index >= 15 is 0 Å². The van der Waals surface area contributed by atoms with Gasteiger partial charge in [-0.05, 0) is 104 Å². The molecule has 26 heavy (non-hydrogen) atoms. The molecule has 0 aliphatic heterocycles.